The lowest BCUT2D eigenvalue weighted by Gasteiger charge is -2.35. The highest BCUT2D eigenvalue weighted by atomic mass is 35.5. The van der Waals surface area contributed by atoms with E-state index in [4.69, 9.17) is 195 Å². The lowest BCUT2D eigenvalue weighted by atomic mass is 9.99. The number of hydrogen-bond acceptors (Lipinski definition) is 2. The largest absolute Gasteiger partial charge is 0.371 e. The molecule has 0 saturated heterocycles. The fourth-order valence-electron chi connectivity index (χ4n) is 4.16. The standard InChI is InChI=1S/C30H38Cl16O2.3C2H6/c1-4-14(47-10-13-8-6-5-7-9-13)11-48-30(46)29(45)28(44)27(43)26(42)25(41)24(40)23(39)22(38)21(37)20(36)19(35)18(34)17(33)16(32)15(31)12(2)3;3*1-2/h5-9,12,14-30H,4,10-11H2,1-3H3;3*1-2H3. The van der Waals surface area contributed by atoms with Gasteiger partial charge in [-0.05, 0) is 17.9 Å². The predicted octanol–water partition coefficient (Wildman–Crippen LogP) is 16.4. The third kappa shape index (κ3) is 21.7. The minimum absolute atomic E-state index is 0.0328. The molecule has 0 aliphatic rings. The first-order valence-corrected chi connectivity index (χ1v) is 24.8. The summed E-state index contributed by atoms with van der Waals surface area (Å²) >= 11 is 105. The number of rotatable bonds is 23. The maximum absolute atomic E-state index is 6.64. The van der Waals surface area contributed by atoms with Crippen molar-refractivity contribution in [3.63, 3.8) is 0 Å². The molecule has 0 aliphatic heterocycles. The van der Waals surface area contributed by atoms with Crippen LogP contribution >= 0.6 is 186 Å². The Balaban J connectivity index is -0.00000411. The quantitative estimate of drug-likeness (QED) is 0.102. The van der Waals surface area contributed by atoms with Crippen molar-refractivity contribution >= 4 is 186 Å². The summed E-state index contributed by atoms with van der Waals surface area (Å²) in [5.41, 5.74) is 0.000428. The Morgan fingerprint density at radius 3 is 0.963 bits per heavy atom. The highest BCUT2D eigenvalue weighted by Crippen LogP contribution is 2.40. The summed E-state index contributed by atoms with van der Waals surface area (Å²) in [5.74, 6) is 0.0328. The van der Waals surface area contributed by atoms with Crippen LogP contribution in [0.25, 0.3) is 0 Å². The molecule has 0 fully saturated rings. The van der Waals surface area contributed by atoms with E-state index < -0.39 is 86.2 Å². The Hall–Kier alpha value is 3.78. The van der Waals surface area contributed by atoms with Crippen molar-refractivity contribution in [1.82, 2.24) is 0 Å². The van der Waals surface area contributed by atoms with Crippen LogP contribution in [0.2, 0.25) is 0 Å². The molecule has 17 atom stereocenters. The van der Waals surface area contributed by atoms with Crippen LogP contribution in [0, 0.1) is 5.92 Å². The molecule has 0 heterocycles. The van der Waals surface area contributed by atoms with Crippen LogP contribution in [0.1, 0.15) is 74.3 Å². The van der Waals surface area contributed by atoms with Crippen molar-refractivity contribution in [2.75, 3.05) is 6.61 Å². The molecule has 1 aromatic rings. The van der Waals surface area contributed by atoms with E-state index in [9.17, 15) is 0 Å². The van der Waals surface area contributed by atoms with Gasteiger partial charge in [0.05, 0.1) is 100.0 Å². The molecule has 18 heteroatoms. The molecule has 0 aromatic heterocycles. The Labute approximate surface area is 406 Å². The van der Waals surface area contributed by atoms with E-state index in [1.807, 2.05) is 92.6 Å². The number of halogens is 16. The maximum Gasteiger partial charge on any atom is 0.149 e. The highest BCUT2D eigenvalue weighted by Gasteiger charge is 2.46. The smallest absolute Gasteiger partial charge is 0.149 e. The van der Waals surface area contributed by atoms with Gasteiger partial charge >= 0.3 is 0 Å². The van der Waals surface area contributed by atoms with Crippen LogP contribution in [0.15, 0.2) is 30.3 Å². The van der Waals surface area contributed by atoms with Crippen LogP contribution in [0.3, 0.4) is 0 Å². The molecule has 54 heavy (non-hydrogen) atoms. The second kappa shape index (κ2) is 35.3. The van der Waals surface area contributed by atoms with Gasteiger partial charge in [-0.2, -0.15) is 0 Å². The molecule has 0 N–H and O–H groups in total. The number of ether oxygens (including phenoxy) is 2. The summed E-state index contributed by atoms with van der Waals surface area (Å²) in [4.78, 5) is 0. The van der Waals surface area contributed by atoms with Gasteiger partial charge in [-0.3, -0.25) is 0 Å². The van der Waals surface area contributed by atoms with Crippen molar-refractivity contribution in [2.24, 2.45) is 5.92 Å². The summed E-state index contributed by atoms with van der Waals surface area (Å²) in [6.45, 7) is 18.4. The van der Waals surface area contributed by atoms with Crippen LogP contribution < -0.4 is 0 Å². The second-order valence-corrected chi connectivity index (χ2v) is 19.4. The highest BCUT2D eigenvalue weighted by molar-refractivity contribution is 6.46. The van der Waals surface area contributed by atoms with Crippen molar-refractivity contribution in [2.45, 2.75) is 168 Å². The van der Waals surface area contributed by atoms with Gasteiger partial charge in [-0.15, -0.1) is 174 Å². The van der Waals surface area contributed by atoms with Gasteiger partial charge in [0.25, 0.3) is 0 Å². The molecule has 1 aromatic carbocycles. The summed E-state index contributed by atoms with van der Waals surface area (Å²) in [6.07, 6.45) is 0.450. The minimum Gasteiger partial charge on any atom is -0.371 e. The van der Waals surface area contributed by atoms with Crippen LogP contribution in [-0.4, -0.2) is 98.9 Å². The average molecular weight is 1090 g/mol. The molecule has 0 bridgehead atoms. The van der Waals surface area contributed by atoms with Crippen molar-refractivity contribution in [3.8, 4) is 0 Å². The Kier molecular flexibility index (Phi) is 40.5. The maximum atomic E-state index is 6.64. The first kappa shape index (κ1) is 62.1. The van der Waals surface area contributed by atoms with Gasteiger partial charge in [0.1, 0.15) is 5.56 Å². The first-order valence-electron chi connectivity index (χ1n) is 17.8. The van der Waals surface area contributed by atoms with Crippen LogP contribution in [-0.2, 0) is 16.1 Å². The summed E-state index contributed by atoms with van der Waals surface area (Å²) in [5, 5.41) is -14.4. The molecule has 1 rings (SSSR count). The predicted molar refractivity (Wildman–Crippen MR) is 254 cm³/mol. The van der Waals surface area contributed by atoms with Gasteiger partial charge < -0.3 is 9.47 Å². The normalized spacial score (nSPS) is 21.1. The van der Waals surface area contributed by atoms with Crippen molar-refractivity contribution < 1.29 is 9.47 Å². The van der Waals surface area contributed by atoms with Gasteiger partial charge in [-0.25, -0.2) is 0 Å². The average Bonchev–Trinajstić information content (AvgIpc) is 3.21. The molecule has 0 saturated carbocycles. The third-order valence-corrected chi connectivity index (χ3v) is 18.0. The van der Waals surface area contributed by atoms with E-state index in [1.54, 1.807) is 0 Å². The SMILES string of the molecule is CC.CC.CC.CCC(COC(Cl)C(Cl)C(Cl)C(Cl)C(Cl)C(Cl)C(Cl)C(Cl)C(Cl)C(Cl)C(Cl)C(Cl)C(Cl)C(Cl)C(Cl)C(Cl)C(C)C)OCc1ccccc1. The van der Waals surface area contributed by atoms with Gasteiger partial charge in [-0.1, -0.05) is 104 Å². The van der Waals surface area contributed by atoms with E-state index in [0.717, 1.165) is 5.56 Å². The molecule has 17 unspecified atom stereocenters. The minimum atomic E-state index is -1.07. The summed E-state index contributed by atoms with van der Waals surface area (Å²) in [6, 6.07) is 9.74. The van der Waals surface area contributed by atoms with E-state index in [0.29, 0.717) is 13.0 Å². The van der Waals surface area contributed by atoms with Gasteiger partial charge in [0, 0.05) is 0 Å². The second-order valence-electron chi connectivity index (χ2n) is 11.4. The molecule has 0 radical (unpaired) electrons. The molecule has 324 valence electrons. The molecular weight excluding hydrogens is 1030 g/mol. The van der Waals surface area contributed by atoms with Crippen molar-refractivity contribution in [1.29, 1.82) is 0 Å². The molecule has 0 aliphatic carbocycles. The fraction of sp³-hybridized carbons (Fsp3) is 0.833. The molecule has 0 amide bonds. The molecular formula is C36H56Cl16O2. The molecule has 2 nitrogen and oxygen atoms in total. The van der Waals surface area contributed by atoms with E-state index >= 15 is 0 Å². The van der Waals surface area contributed by atoms with E-state index in [2.05, 4.69) is 0 Å². The van der Waals surface area contributed by atoms with E-state index in [1.165, 1.54) is 0 Å². The zero-order chi connectivity index (χ0) is 43.0. The fourth-order valence-corrected chi connectivity index (χ4v) is 10.0. The lowest BCUT2D eigenvalue weighted by Crippen LogP contribution is -2.49. The monoisotopic (exact) mass is 1080 g/mol. The van der Waals surface area contributed by atoms with E-state index in [-0.39, 0.29) is 18.6 Å². The summed E-state index contributed by atoms with van der Waals surface area (Å²) < 4.78 is 11.7. The number of hydrogen-bond donors (Lipinski definition) is 0. The Morgan fingerprint density at radius 2 is 0.685 bits per heavy atom. The van der Waals surface area contributed by atoms with Crippen LogP contribution in [0.5, 0.6) is 0 Å². The first-order chi connectivity index (χ1) is 25.3. The zero-order valence-electron chi connectivity index (χ0n) is 31.8. The van der Waals surface area contributed by atoms with Gasteiger partial charge in [0.2, 0.25) is 0 Å². The summed E-state index contributed by atoms with van der Waals surface area (Å²) in [7, 11) is 0. The third-order valence-electron chi connectivity index (χ3n) is 7.37. The Bertz CT molecular complexity index is 1000. The topological polar surface area (TPSA) is 18.5 Å². The number of alkyl halides is 16. The molecule has 0 spiro atoms. The lowest BCUT2D eigenvalue weighted by molar-refractivity contribution is -0.0346. The Morgan fingerprint density at radius 1 is 0.407 bits per heavy atom. The van der Waals surface area contributed by atoms with Gasteiger partial charge in [0.15, 0.2) is 0 Å². The van der Waals surface area contributed by atoms with Crippen molar-refractivity contribution in [3.05, 3.63) is 35.9 Å². The number of benzene rings is 1. The van der Waals surface area contributed by atoms with Crippen LogP contribution in [0.4, 0.5) is 0 Å². The zero-order valence-corrected chi connectivity index (χ0v) is 43.9.